The molecule has 0 radical (unpaired) electrons. The average molecular weight is 422 g/mol. The van der Waals surface area contributed by atoms with Crippen LogP contribution in [0.3, 0.4) is 0 Å². The molecule has 0 aliphatic carbocycles. The lowest BCUT2D eigenvalue weighted by Crippen LogP contribution is -2.08. The lowest BCUT2D eigenvalue weighted by Gasteiger charge is -2.07. The highest BCUT2D eigenvalue weighted by molar-refractivity contribution is 9.10. The number of halogens is 1. The Morgan fingerprint density at radius 1 is 1.04 bits per heavy atom. The lowest BCUT2D eigenvalue weighted by atomic mass is 10.1. The van der Waals surface area contributed by atoms with Crippen molar-refractivity contribution in [3.8, 4) is 5.75 Å². The van der Waals surface area contributed by atoms with Gasteiger partial charge in [-0.05, 0) is 54.8 Å². The van der Waals surface area contributed by atoms with Crippen LogP contribution < -0.4 is 4.74 Å². The molecule has 0 spiro atoms. The second kappa shape index (κ2) is 9.28. The smallest absolute Gasteiger partial charge is 0.343 e. The predicted molar refractivity (Wildman–Crippen MR) is 113 cm³/mol. The van der Waals surface area contributed by atoms with Crippen molar-refractivity contribution in [2.75, 3.05) is 6.54 Å². The Labute approximate surface area is 167 Å². The number of rotatable bonds is 6. The minimum Gasteiger partial charge on any atom is -0.423 e. The standard InChI is InChI=1S/C23H20BrNO2/c1-17-6-5-9-20(12-17)23(26)27-22-14-19(13-21(24)15-22)16-25-11-10-18-7-3-2-4-8-18/h2-9,12-16H,10-11H2,1H3. The molecule has 0 fully saturated rings. The third kappa shape index (κ3) is 5.90. The highest BCUT2D eigenvalue weighted by Gasteiger charge is 2.09. The maximum Gasteiger partial charge on any atom is 0.343 e. The Balaban J connectivity index is 1.65. The molecule has 4 heteroatoms. The van der Waals surface area contributed by atoms with E-state index >= 15 is 0 Å². The second-order valence-electron chi connectivity index (χ2n) is 6.25. The zero-order chi connectivity index (χ0) is 19.1. The van der Waals surface area contributed by atoms with E-state index in [4.69, 9.17) is 4.74 Å². The van der Waals surface area contributed by atoms with Crippen LogP contribution in [0, 0.1) is 6.92 Å². The third-order valence-electron chi connectivity index (χ3n) is 3.97. The van der Waals surface area contributed by atoms with Gasteiger partial charge in [-0.3, -0.25) is 4.99 Å². The van der Waals surface area contributed by atoms with Crippen LogP contribution in [-0.4, -0.2) is 18.7 Å². The van der Waals surface area contributed by atoms with Crippen LogP contribution in [-0.2, 0) is 6.42 Å². The molecule has 0 aliphatic rings. The molecule has 0 unspecified atom stereocenters. The molecule has 0 saturated carbocycles. The molecule has 136 valence electrons. The number of esters is 1. The van der Waals surface area contributed by atoms with Crippen molar-refractivity contribution >= 4 is 28.1 Å². The third-order valence-corrected chi connectivity index (χ3v) is 4.43. The molecule has 3 aromatic rings. The van der Waals surface area contributed by atoms with Crippen molar-refractivity contribution in [3.63, 3.8) is 0 Å². The summed E-state index contributed by atoms with van der Waals surface area (Å²) in [6.07, 6.45) is 2.69. The van der Waals surface area contributed by atoms with Gasteiger partial charge in [-0.15, -0.1) is 0 Å². The first-order chi connectivity index (χ1) is 13.1. The van der Waals surface area contributed by atoms with Gasteiger partial charge in [-0.1, -0.05) is 64.0 Å². The molecule has 0 aliphatic heterocycles. The van der Waals surface area contributed by atoms with Gasteiger partial charge in [0.2, 0.25) is 0 Å². The summed E-state index contributed by atoms with van der Waals surface area (Å²) in [4.78, 5) is 16.8. The van der Waals surface area contributed by atoms with Crippen LogP contribution in [0.4, 0.5) is 0 Å². The van der Waals surface area contributed by atoms with Crippen LogP contribution in [0.1, 0.15) is 27.0 Å². The van der Waals surface area contributed by atoms with Crippen molar-refractivity contribution in [1.82, 2.24) is 0 Å². The molecule has 0 heterocycles. The first kappa shape index (κ1) is 19.1. The van der Waals surface area contributed by atoms with Crippen LogP contribution in [0.25, 0.3) is 0 Å². The topological polar surface area (TPSA) is 38.7 Å². The van der Waals surface area contributed by atoms with Crippen molar-refractivity contribution in [2.45, 2.75) is 13.3 Å². The van der Waals surface area contributed by atoms with E-state index in [0.29, 0.717) is 17.9 Å². The van der Waals surface area contributed by atoms with Gasteiger partial charge in [0.25, 0.3) is 0 Å². The highest BCUT2D eigenvalue weighted by Crippen LogP contribution is 2.22. The number of hydrogen-bond acceptors (Lipinski definition) is 3. The molecular formula is C23H20BrNO2. The number of ether oxygens (including phenoxy) is 1. The fraction of sp³-hybridized carbons (Fsp3) is 0.130. The SMILES string of the molecule is Cc1cccc(C(=O)Oc2cc(Br)cc(C=NCCc3ccccc3)c2)c1. The van der Waals surface area contributed by atoms with Gasteiger partial charge < -0.3 is 4.74 Å². The monoisotopic (exact) mass is 421 g/mol. The summed E-state index contributed by atoms with van der Waals surface area (Å²) in [7, 11) is 0. The molecule has 3 aromatic carbocycles. The zero-order valence-corrected chi connectivity index (χ0v) is 16.6. The molecule has 0 amide bonds. The Morgan fingerprint density at radius 2 is 1.85 bits per heavy atom. The predicted octanol–water partition coefficient (Wildman–Crippen LogP) is 5.64. The minimum atomic E-state index is -0.372. The molecule has 0 saturated heterocycles. The van der Waals surface area contributed by atoms with Crippen molar-refractivity contribution in [2.24, 2.45) is 4.99 Å². The lowest BCUT2D eigenvalue weighted by molar-refractivity contribution is 0.0734. The number of aryl methyl sites for hydroxylation is 1. The quantitative estimate of drug-likeness (QED) is 0.293. The van der Waals surface area contributed by atoms with E-state index in [1.165, 1.54) is 5.56 Å². The van der Waals surface area contributed by atoms with E-state index in [2.05, 4.69) is 33.1 Å². The number of carbonyl (C=O) groups is 1. The Kier molecular flexibility index (Phi) is 6.55. The summed E-state index contributed by atoms with van der Waals surface area (Å²) in [5.74, 6) is 0.115. The molecule has 27 heavy (non-hydrogen) atoms. The summed E-state index contributed by atoms with van der Waals surface area (Å²) in [6.45, 7) is 2.65. The van der Waals surface area contributed by atoms with E-state index in [9.17, 15) is 4.79 Å². The molecule has 3 rings (SSSR count). The number of benzene rings is 3. The summed E-state index contributed by atoms with van der Waals surface area (Å²) in [6, 6.07) is 23.1. The van der Waals surface area contributed by atoms with Crippen LogP contribution in [0.15, 0.2) is 82.3 Å². The number of hydrogen-bond donors (Lipinski definition) is 0. The molecule has 0 bridgehead atoms. The van der Waals surface area contributed by atoms with E-state index in [1.54, 1.807) is 18.3 Å². The van der Waals surface area contributed by atoms with Gasteiger partial charge in [0.1, 0.15) is 5.75 Å². The molecule has 0 N–H and O–H groups in total. The van der Waals surface area contributed by atoms with E-state index in [-0.39, 0.29) is 5.97 Å². The normalized spacial score (nSPS) is 10.9. The Hall–Kier alpha value is -2.72. The van der Waals surface area contributed by atoms with Crippen molar-refractivity contribution in [1.29, 1.82) is 0 Å². The highest BCUT2D eigenvalue weighted by atomic mass is 79.9. The summed E-state index contributed by atoms with van der Waals surface area (Å²) < 4.78 is 6.36. The first-order valence-corrected chi connectivity index (χ1v) is 9.53. The van der Waals surface area contributed by atoms with Gasteiger partial charge in [-0.2, -0.15) is 0 Å². The average Bonchev–Trinajstić information content (AvgIpc) is 2.66. The van der Waals surface area contributed by atoms with Crippen molar-refractivity contribution in [3.05, 3.63) is 99.5 Å². The minimum absolute atomic E-state index is 0.372. The Bertz CT molecular complexity index is 952. The van der Waals surface area contributed by atoms with E-state index in [0.717, 1.165) is 22.0 Å². The van der Waals surface area contributed by atoms with Crippen LogP contribution in [0.5, 0.6) is 5.75 Å². The summed E-state index contributed by atoms with van der Waals surface area (Å²) in [5.41, 5.74) is 3.69. The van der Waals surface area contributed by atoms with Gasteiger partial charge >= 0.3 is 5.97 Å². The summed E-state index contributed by atoms with van der Waals surface area (Å²) in [5, 5.41) is 0. The zero-order valence-electron chi connectivity index (χ0n) is 15.1. The maximum atomic E-state index is 12.3. The number of nitrogens with zero attached hydrogens (tertiary/aromatic N) is 1. The van der Waals surface area contributed by atoms with E-state index < -0.39 is 0 Å². The molecule has 3 nitrogen and oxygen atoms in total. The Morgan fingerprint density at radius 3 is 2.63 bits per heavy atom. The second-order valence-corrected chi connectivity index (χ2v) is 7.17. The van der Waals surface area contributed by atoms with Crippen molar-refractivity contribution < 1.29 is 9.53 Å². The number of aliphatic imine (C=N–C) groups is 1. The molecule has 0 atom stereocenters. The van der Waals surface area contributed by atoms with Gasteiger partial charge in [0.05, 0.1) is 5.56 Å². The van der Waals surface area contributed by atoms with Crippen LogP contribution in [0.2, 0.25) is 0 Å². The van der Waals surface area contributed by atoms with Gasteiger partial charge in [0.15, 0.2) is 0 Å². The molecular weight excluding hydrogens is 402 g/mol. The number of carbonyl (C=O) groups excluding carboxylic acids is 1. The van der Waals surface area contributed by atoms with Gasteiger partial charge in [-0.25, -0.2) is 4.79 Å². The maximum absolute atomic E-state index is 12.3. The first-order valence-electron chi connectivity index (χ1n) is 8.73. The van der Waals surface area contributed by atoms with Crippen LogP contribution >= 0.6 is 15.9 Å². The largest absolute Gasteiger partial charge is 0.423 e. The van der Waals surface area contributed by atoms with E-state index in [1.807, 2.05) is 55.5 Å². The van der Waals surface area contributed by atoms with Gasteiger partial charge in [0, 0.05) is 17.2 Å². The molecule has 0 aromatic heterocycles. The summed E-state index contributed by atoms with van der Waals surface area (Å²) >= 11 is 3.46. The fourth-order valence-electron chi connectivity index (χ4n) is 2.66. The fourth-order valence-corrected chi connectivity index (χ4v) is 3.15.